The monoisotopic (exact) mass is 357 g/mol. The molecule has 2 atom stereocenters. The Morgan fingerprint density at radius 2 is 2.09 bits per heavy atom. The van der Waals surface area contributed by atoms with Gasteiger partial charge in [-0.1, -0.05) is 30.3 Å². The Balaban J connectivity index is 0.00000264. The molecule has 0 saturated carbocycles. The number of carbonyl (C=O) groups is 2. The number of nitrogens with one attached hydrogen (secondary N) is 3. The van der Waals surface area contributed by atoms with E-state index in [1.165, 1.54) is 0 Å². The summed E-state index contributed by atoms with van der Waals surface area (Å²) < 4.78 is 0. The van der Waals surface area contributed by atoms with Crippen LogP contribution < -0.4 is 16.0 Å². The third-order valence-corrected chi connectivity index (χ3v) is 4.64. The highest BCUT2D eigenvalue weighted by atomic mass is 35.5. The smallest absolute Gasteiger partial charge is 0.242 e. The first-order valence-corrected chi connectivity index (χ1v) is 8.73. The van der Waals surface area contributed by atoms with E-state index in [9.17, 15) is 9.59 Å². The number of halogens is 1. The van der Waals surface area contributed by atoms with Gasteiger partial charge in [0.25, 0.3) is 0 Å². The Kier molecular flexibility index (Phi) is 9.06. The average molecular weight is 358 g/mol. The molecule has 1 aliphatic rings. The first-order chi connectivity index (χ1) is 10.6. The Hall–Kier alpha value is -1.24. The van der Waals surface area contributed by atoms with Gasteiger partial charge in [-0.05, 0) is 12.5 Å². The number of rotatable bonds is 6. The van der Waals surface area contributed by atoms with Crippen molar-refractivity contribution in [3.63, 3.8) is 0 Å². The topological polar surface area (TPSA) is 70.2 Å². The fourth-order valence-corrected chi connectivity index (χ4v) is 3.23. The molecule has 1 fully saturated rings. The molecule has 1 aliphatic heterocycles. The second kappa shape index (κ2) is 10.5. The first-order valence-electron chi connectivity index (χ1n) is 7.57. The standard InChI is InChI=1S/C16H23N3O2S.ClH/c1-12(16(21)18-10-13-5-3-2-4-6-13)19-15(20)9-14-11-22-8-7-17-14;/h2-6,12,14,17H,7-11H2,1H3,(H,18,21)(H,19,20);1H. The summed E-state index contributed by atoms with van der Waals surface area (Å²) in [7, 11) is 0. The second-order valence-electron chi connectivity index (χ2n) is 5.42. The van der Waals surface area contributed by atoms with E-state index < -0.39 is 6.04 Å². The van der Waals surface area contributed by atoms with E-state index in [1.54, 1.807) is 6.92 Å². The molecule has 23 heavy (non-hydrogen) atoms. The van der Waals surface area contributed by atoms with Gasteiger partial charge >= 0.3 is 0 Å². The molecule has 0 aromatic heterocycles. The maximum Gasteiger partial charge on any atom is 0.242 e. The number of thioether (sulfide) groups is 1. The van der Waals surface area contributed by atoms with Crippen LogP contribution in [-0.2, 0) is 16.1 Å². The van der Waals surface area contributed by atoms with Crippen molar-refractivity contribution >= 4 is 36.0 Å². The van der Waals surface area contributed by atoms with Gasteiger partial charge in [-0.25, -0.2) is 0 Å². The minimum atomic E-state index is -0.521. The van der Waals surface area contributed by atoms with E-state index in [-0.39, 0.29) is 30.3 Å². The molecule has 1 heterocycles. The number of hydrogen-bond donors (Lipinski definition) is 3. The predicted molar refractivity (Wildman–Crippen MR) is 96.9 cm³/mol. The Morgan fingerprint density at radius 3 is 2.74 bits per heavy atom. The molecule has 5 nitrogen and oxygen atoms in total. The van der Waals surface area contributed by atoms with Gasteiger partial charge in [0.1, 0.15) is 6.04 Å². The lowest BCUT2D eigenvalue weighted by molar-refractivity contribution is -0.128. The summed E-state index contributed by atoms with van der Waals surface area (Å²) in [6.07, 6.45) is 0.420. The molecule has 2 amide bonds. The minimum absolute atomic E-state index is 0. The zero-order valence-corrected chi connectivity index (χ0v) is 14.8. The van der Waals surface area contributed by atoms with Crippen molar-refractivity contribution in [2.75, 3.05) is 18.1 Å². The van der Waals surface area contributed by atoms with Crippen molar-refractivity contribution in [2.45, 2.75) is 32.0 Å². The van der Waals surface area contributed by atoms with Gasteiger partial charge in [0.15, 0.2) is 0 Å². The zero-order chi connectivity index (χ0) is 15.8. The summed E-state index contributed by atoms with van der Waals surface area (Å²) in [5.41, 5.74) is 1.04. The normalized spacial score (nSPS) is 18.4. The molecule has 2 rings (SSSR count). The summed E-state index contributed by atoms with van der Waals surface area (Å²) in [5, 5.41) is 8.91. The van der Waals surface area contributed by atoms with Crippen LogP contribution in [0.1, 0.15) is 18.9 Å². The third-order valence-electron chi connectivity index (χ3n) is 3.51. The summed E-state index contributed by atoms with van der Waals surface area (Å²) in [5.74, 6) is 1.80. The second-order valence-corrected chi connectivity index (χ2v) is 6.57. The Bertz CT molecular complexity index is 495. The van der Waals surface area contributed by atoms with Crippen molar-refractivity contribution in [1.29, 1.82) is 0 Å². The molecule has 7 heteroatoms. The largest absolute Gasteiger partial charge is 0.350 e. The summed E-state index contributed by atoms with van der Waals surface area (Å²) in [6, 6.07) is 9.40. The molecule has 1 aromatic rings. The van der Waals surface area contributed by atoms with Crippen LogP contribution in [0.4, 0.5) is 0 Å². The highest BCUT2D eigenvalue weighted by molar-refractivity contribution is 7.99. The van der Waals surface area contributed by atoms with Crippen LogP contribution in [0.2, 0.25) is 0 Å². The van der Waals surface area contributed by atoms with E-state index in [1.807, 2.05) is 42.1 Å². The Morgan fingerprint density at radius 1 is 1.35 bits per heavy atom. The van der Waals surface area contributed by atoms with Crippen molar-refractivity contribution in [3.8, 4) is 0 Å². The van der Waals surface area contributed by atoms with Gasteiger partial charge in [0.2, 0.25) is 11.8 Å². The molecular formula is C16H24ClN3O2S. The SMILES string of the molecule is CC(NC(=O)CC1CSCCN1)C(=O)NCc1ccccc1.Cl. The van der Waals surface area contributed by atoms with E-state index in [4.69, 9.17) is 0 Å². The van der Waals surface area contributed by atoms with Gasteiger partial charge in [-0.15, -0.1) is 12.4 Å². The van der Waals surface area contributed by atoms with Crippen molar-refractivity contribution in [2.24, 2.45) is 0 Å². The van der Waals surface area contributed by atoms with Gasteiger partial charge < -0.3 is 16.0 Å². The van der Waals surface area contributed by atoms with Gasteiger partial charge in [0, 0.05) is 37.1 Å². The maximum absolute atomic E-state index is 12.0. The number of benzene rings is 1. The average Bonchev–Trinajstić information content (AvgIpc) is 2.54. The Labute approximate surface area is 147 Å². The van der Waals surface area contributed by atoms with Crippen molar-refractivity contribution < 1.29 is 9.59 Å². The molecule has 2 unspecified atom stereocenters. The lowest BCUT2D eigenvalue weighted by Gasteiger charge is -2.23. The molecule has 0 radical (unpaired) electrons. The number of carbonyl (C=O) groups excluding carboxylic acids is 2. The summed E-state index contributed by atoms with van der Waals surface area (Å²) in [6.45, 7) is 3.12. The van der Waals surface area contributed by atoms with Crippen LogP contribution in [0.25, 0.3) is 0 Å². The third kappa shape index (κ3) is 7.24. The molecule has 1 saturated heterocycles. The van der Waals surface area contributed by atoms with Gasteiger partial charge in [-0.3, -0.25) is 9.59 Å². The molecule has 128 valence electrons. The fourth-order valence-electron chi connectivity index (χ4n) is 2.28. The van der Waals surface area contributed by atoms with Crippen LogP contribution in [0.3, 0.4) is 0 Å². The first kappa shape index (κ1) is 19.8. The van der Waals surface area contributed by atoms with Crippen LogP contribution in [0.5, 0.6) is 0 Å². The minimum Gasteiger partial charge on any atom is -0.350 e. The highest BCUT2D eigenvalue weighted by Crippen LogP contribution is 2.10. The van der Waals surface area contributed by atoms with Crippen LogP contribution in [-0.4, -0.2) is 41.9 Å². The summed E-state index contributed by atoms with van der Waals surface area (Å²) in [4.78, 5) is 24.0. The lowest BCUT2D eigenvalue weighted by Crippen LogP contribution is -2.47. The quantitative estimate of drug-likeness (QED) is 0.718. The van der Waals surface area contributed by atoms with Gasteiger partial charge in [-0.2, -0.15) is 11.8 Å². The zero-order valence-electron chi connectivity index (χ0n) is 13.2. The van der Waals surface area contributed by atoms with Crippen molar-refractivity contribution in [1.82, 2.24) is 16.0 Å². The fraction of sp³-hybridized carbons (Fsp3) is 0.500. The molecule has 3 N–H and O–H groups in total. The summed E-state index contributed by atoms with van der Waals surface area (Å²) >= 11 is 1.85. The number of hydrogen-bond acceptors (Lipinski definition) is 4. The van der Waals surface area contributed by atoms with Crippen LogP contribution in [0.15, 0.2) is 30.3 Å². The van der Waals surface area contributed by atoms with Crippen molar-refractivity contribution in [3.05, 3.63) is 35.9 Å². The lowest BCUT2D eigenvalue weighted by atomic mass is 10.2. The maximum atomic E-state index is 12.0. The molecular weight excluding hydrogens is 334 g/mol. The molecule has 0 spiro atoms. The molecule has 0 aliphatic carbocycles. The van der Waals surface area contributed by atoms with Crippen LogP contribution >= 0.6 is 24.2 Å². The predicted octanol–water partition coefficient (Wildman–Crippen LogP) is 1.32. The van der Waals surface area contributed by atoms with Crippen LogP contribution in [0, 0.1) is 0 Å². The van der Waals surface area contributed by atoms with E-state index in [2.05, 4.69) is 16.0 Å². The van der Waals surface area contributed by atoms with Gasteiger partial charge in [0.05, 0.1) is 0 Å². The number of amides is 2. The van der Waals surface area contributed by atoms with E-state index >= 15 is 0 Å². The van der Waals surface area contributed by atoms with E-state index in [0.717, 1.165) is 23.6 Å². The molecule has 0 bridgehead atoms. The highest BCUT2D eigenvalue weighted by Gasteiger charge is 2.20. The molecule has 1 aromatic carbocycles. The van der Waals surface area contributed by atoms with E-state index in [0.29, 0.717) is 13.0 Å².